The normalized spacial score (nSPS) is 11.9. The second-order valence-corrected chi connectivity index (χ2v) is 4.01. The molecule has 1 atom stereocenters. The number of aromatic nitrogens is 1. The number of rotatable bonds is 3. The number of carbonyl (C=O) groups excluding carboxylic acids is 1. The van der Waals surface area contributed by atoms with E-state index in [1.807, 2.05) is 0 Å². The van der Waals surface area contributed by atoms with Crippen molar-refractivity contribution in [1.82, 2.24) is 5.16 Å². The molecule has 1 aromatic heterocycles. The van der Waals surface area contributed by atoms with Crippen molar-refractivity contribution in [3.63, 3.8) is 0 Å². The molecule has 1 N–H and O–H groups in total. The van der Waals surface area contributed by atoms with Gasteiger partial charge in [-0.25, -0.2) is 9.18 Å². The Labute approximate surface area is 109 Å². The van der Waals surface area contributed by atoms with Crippen molar-refractivity contribution in [2.24, 2.45) is 0 Å². The van der Waals surface area contributed by atoms with Crippen LogP contribution in [-0.2, 0) is 4.74 Å². The summed E-state index contributed by atoms with van der Waals surface area (Å²) in [5, 5.41) is 6.09. The zero-order valence-corrected chi connectivity index (χ0v) is 10.5. The number of benzene rings is 1. The molecule has 0 radical (unpaired) electrons. The highest BCUT2D eigenvalue weighted by Crippen LogP contribution is 2.21. The van der Waals surface area contributed by atoms with E-state index in [9.17, 15) is 9.18 Å². The lowest BCUT2D eigenvalue weighted by Gasteiger charge is -2.14. The Morgan fingerprint density at radius 2 is 2.21 bits per heavy atom. The second-order valence-electron chi connectivity index (χ2n) is 4.01. The van der Waals surface area contributed by atoms with Crippen molar-refractivity contribution in [1.29, 1.82) is 0 Å². The van der Waals surface area contributed by atoms with Crippen molar-refractivity contribution in [2.45, 2.75) is 20.0 Å². The Hall–Kier alpha value is -2.37. The SMILES string of the molecule is Cc1nocc1NC(=O)OC(C)c1ccccc1F. The van der Waals surface area contributed by atoms with Gasteiger partial charge in [0.2, 0.25) is 0 Å². The molecule has 0 bridgehead atoms. The molecule has 5 nitrogen and oxygen atoms in total. The number of ether oxygens (including phenoxy) is 1. The lowest BCUT2D eigenvalue weighted by atomic mass is 10.1. The third kappa shape index (κ3) is 3.09. The van der Waals surface area contributed by atoms with E-state index in [1.165, 1.54) is 12.3 Å². The molecule has 0 aliphatic rings. The van der Waals surface area contributed by atoms with Crippen LogP contribution in [0.4, 0.5) is 14.9 Å². The summed E-state index contributed by atoms with van der Waals surface area (Å²) in [5.74, 6) is -0.413. The molecule has 0 aliphatic carbocycles. The highest BCUT2D eigenvalue weighted by molar-refractivity contribution is 5.85. The van der Waals surface area contributed by atoms with Gasteiger partial charge in [-0.1, -0.05) is 23.4 Å². The molecule has 2 aromatic rings. The first-order valence-electron chi connectivity index (χ1n) is 5.71. The molecule has 19 heavy (non-hydrogen) atoms. The Bertz CT molecular complexity index is 583. The highest BCUT2D eigenvalue weighted by atomic mass is 19.1. The number of aryl methyl sites for hydroxylation is 1. The van der Waals surface area contributed by atoms with Crippen LogP contribution < -0.4 is 5.32 Å². The van der Waals surface area contributed by atoms with Crippen LogP contribution in [0.25, 0.3) is 0 Å². The van der Waals surface area contributed by atoms with E-state index in [-0.39, 0.29) is 0 Å². The summed E-state index contributed by atoms with van der Waals surface area (Å²) in [7, 11) is 0. The summed E-state index contributed by atoms with van der Waals surface area (Å²) in [6.45, 7) is 3.28. The van der Waals surface area contributed by atoms with Crippen LogP contribution in [0.1, 0.15) is 24.3 Å². The number of anilines is 1. The van der Waals surface area contributed by atoms with E-state index in [2.05, 4.69) is 15.0 Å². The van der Waals surface area contributed by atoms with Crippen LogP contribution in [0.3, 0.4) is 0 Å². The van der Waals surface area contributed by atoms with Gasteiger partial charge in [-0.05, 0) is 19.9 Å². The molecule has 1 unspecified atom stereocenters. The first-order chi connectivity index (χ1) is 9.08. The van der Waals surface area contributed by atoms with Gasteiger partial charge in [0.1, 0.15) is 29.6 Å². The first kappa shape index (κ1) is 13.1. The lowest BCUT2D eigenvalue weighted by Crippen LogP contribution is -2.16. The molecular formula is C13H13FN2O3. The minimum absolute atomic E-state index is 0.319. The molecule has 100 valence electrons. The summed E-state index contributed by atoms with van der Waals surface area (Å²) in [4.78, 5) is 11.6. The van der Waals surface area contributed by atoms with E-state index in [1.54, 1.807) is 32.0 Å². The molecule has 1 amide bonds. The Kier molecular flexibility index (Phi) is 3.79. The number of nitrogens with zero attached hydrogens (tertiary/aromatic N) is 1. The summed E-state index contributed by atoms with van der Waals surface area (Å²) < 4.78 is 23.3. The Morgan fingerprint density at radius 3 is 2.84 bits per heavy atom. The predicted octanol–water partition coefficient (Wildman–Crippen LogP) is 3.43. The van der Waals surface area contributed by atoms with Gasteiger partial charge < -0.3 is 9.26 Å². The third-order valence-corrected chi connectivity index (χ3v) is 2.61. The van der Waals surface area contributed by atoms with Crippen molar-refractivity contribution in [3.8, 4) is 0 Å². The predicted molar refractivity (Wildman–Crippen MR) is 66.2 cm³/mol. The fraction of sp³-hybridized carbons (Fsp3) is 0.231. The molecule has 0 aliphatic heterocycles. The van der Waals surface area contributed by atoms with E-state index in [0.29, 0.717) is 16.9 Å². The van der Waals surface area contributed by atoms with E-state index < -0.39 is 18.0 Å². The van der Waals surface area contributed by atoms with Gasteiger partial charge in [-0.3, -0.25) is 5.32 Å². The average Bonchev–Trinajstić information content (AvgIpc) is 2.75. The minimum atomic E-state index is -0.693. The van der Waals surface area contributed by atoms with Gasteiger partial charge in [-0.15, -0.1) is 0 Å². The van der Waals surface area contributed by atoms with Crippen LogP contribution in [0.5, 0.6) is 0 Å². The monoisotopic (exact) mass is 264 g/mol. The van der Waals surface area contributed by atoms with Crippen LogP contribution >= 0.6 is 0 Å². The van der Waals surface area contributed by atoms with Crippen molar-refractivity contribution in [3.05, 3.63) is 47.6 Å². The zero-order chi connectivity index (χ0) is 13.8. The molecule has 6 heteroatoms. The third-order valence-electron chi connectivity index (χ3n) is 2.61. The number of hydrogen-bond donors (Lipinski definition) is 1. The van der Waals surface area contributed by atoms with Crippen molar-refractivity contribution < 1.29 is 18.4 Å². The number of nitrogens with one attached hydrogen (secondary N) is 1. The molecule has 1 heterocycles. The molecular weight excluding hydrogens is 251 g/mol. The fourth-order valence-corrected chi connectivity index (χ4v) is 1.58. The topological polar surface area (TPSA) is 64.4 Å². The van der Waals surface area contributed by atoms with Crippen molar-refractivity contribution in [2.75, 3.05) is 5.32 Å². The highest BCUT2D eigenvalue weighted by Gasteiger charge is 2.16. The maximum Gasteiger partial charge on any atom is 0.412 e. The van der Waals surface area contributed by atoms with Crippen molar-refractivity contribution >= 4 is 11.8 Å². The van der Waals surface area contributed by atoms with E-state index in [0.717, 1.165) is 0 Å². The Balaban J connectivity index is 2.00. The standard InChI is InChI=1S/C13H13FN2O3/c1-8-12(7-18-16-8)15-13(17)19-9(2)10-5-3-4-6-11(10)14/h3-7,9H,1-2H3,(H,15,17). The fourth-order valence-electron chi connectivity index (χ4n) is 1.58. The van der Waals surface area contributed by atoms with Crippen LogP contribution in [0, 0.1) is 12.7 Å². The summed E-state index contributed by atoms with van der Waals surface area (Å²) >= 11 is 0. The molecule has 0 fully saturated rings. The average molecular weight is 264 g/mol. The zero-order valence-electron chi connectivity index (χ0n) is 10.5. The van der Waals surface area contributed by atoms with Gasteiger partial charge in [0.25, 0.3) is 0 Å². The summed E-state index contributed by atoms with van der Waals surface area (Å²) in [5.41, 5.74) is 1.28. The number of halogens is 1. The molecule has 0 saturated heterocycles. The Morgan fingerprint density at radius 1 is 1.47 bits per heavy atom. The largest absolute Gasteiger partial charge is 0.441 e. The molecule has 0 spiro atoms. The lowest BCUT2D eigenvalue weighted by molar-refractivity contribution is 0.119. The number of hydrogen-bond acceptors (Lipinski definition) is 4. The quantitative estimate of drug-likeness (QED) is 0.922. The van der Waals surface area contributed by atoms with Gasteiger partial charge in [0.05, 0.1) is 0 Å². The van der Waals surface area contributed by atoms with Gasteiger partial charge in [-0.2, -0.15) is 0 Å². The van der Waals surface area contributed by atoms with Gasteiger partial charge >= 0.3 is 6.09 Å². The maximum absolute atomic E-state index is 13.5. The van der Waals surface area contributed by atoms with E-state index >= 15 is 0 Å². The molecule has 1 aromatic carbocycles. The molecule has 2 rings (SSSR count). The summed E-state index contributed by atoms with van der Waals surface area (Å²) in [6, 6.07) is 6.14. The minimum Gasteiger partial charge on any atom is -0.441 e. The maximum atomic E-state index is 13.5. The van der Waals surface area contributed by atoms with Gasteiger partial charge in [0.15, 0.2) is 0 Å². The van der Waals surface area contributed by atoms with Crippen LogP contribution in [0.2, 0.25) is 0 Å². The first-order valence-corrected chi connectivity index (χ1v) is 5.71. The number of carbonyl (C=O) groups is 1. The van der Waals surface area contributed by atoms with Gasteiger partial charge in [0, 0.05) is 5.56 Å². The number of amides is 1. The van der Waals surface area contributed by atoms with Crippen LogP contribution in [0.15, 0.2) is 35.1 Å². The van der Waals surface area contributed by atoms with E-state index in [4.69, 9.17) is 4.74 Å². The van der Waals surface area contributed by atoms with Crippen LogP contribution in [-0.4, -0.2) is 11.2 Å². The smallest absolute Gasteiger partial charge is 0.412 e. The molecule has 0 saturated carbocycles. The second kappa shape index (κ2) is 5.51. The summed E-state index contributed by atoms with van der Waals surface area (Å²) in [6.07, 6.45) is -0.0897.